The molecule has 0 unspecified atom stereocenters. The molecular formula is C23H24Cl2O3. The van der Waals surface area contributed by atoms with Gasteiger partial charge in [0.15, 0.2) is 11.6 Å². The van der Waals surface area contributed by atoms with Gasteiger partial charge in [-0.2, -0.15) is 0 Å². The number of hydrogen-bond acceptors (Lipinski definition) is 3. The first kappa shape index (κ1) is 21.0. The number of Topliss-reactive ketones (excluding diaryl/α,β-unsaturated/α-hetero) is 2. The number of benzene rings is 2. The molecule has 0 aliphatic carbocycles. The van der Waals surface area contributed by atoms with Gasteiger partial charge >= 0.3 is 0 Å². The summed E-state index contributed by atoms with van der Waals surface area (Å²) in [5.41, 5.74) is 1.41. The smallest absolute Gasteiger partial charge is 0.179 e. The lowest BCUT2D eigenvalue weighted by atomic mass is 9.73. The zero-order valence-electron chi connectivity index (χ0n) is 16.7. The predicted octanol–water partition coefficient (Wildman–Crippen LogP) is 6.03. The molecule has 0 aromatic heterocycles. The van der Waals surface area contributed by atoms with E-state index in [4.69, 9.17) is 27.9 Å². The zero-order chi connectivity index (χ0) is 20.9. The number of halogens is 2. The van der Waals surface area contributed by atoms with Gasteiger partial charge in [-0.3, -0.25) is 9.59 Å². The first-order chi connectivity index (χ1) is 13.0. The average Bonchev–Trinajstić information content (AvgIpc) is 2.62. The maximum absolute atomic E-state index is 13.2. The van der Waals surface area contributed by atoms with E-state index in [9.17, 15) is 9.59 Å². The van der Waals surface area contributed by atoms with E-state index in [1.54, 1.807) is 39.8 Å². The average molecular weight is 419 g/mol. The summed E-state index contributed by atoms with van der Waals surface area (Å²) >= 11 is 12.2. The molecule has 5 heteroatoms. The summed E-state index contributed by atoms with van der Waals surface area (Å²) in [6.45, 7) is 8.92. The minimum Gasteiger partial charge on any atom is -0.354 e. The fraction of sp³-hybridized carbons (Fsp3) is 0.391. The molecule has 0 amide bonds. The van der Waals surface area contributed by atoms with Gasteiger partial charge in [-0.05, 0) is 74.6 Å². The molecule has 3 rings (SSSR count). The Hall–Kier alpha value is -1.68. The predicted molar refractivity (Wildman–Crippen MR) is 113 cm³/mol. The molecule has 1 heterocycles. The number of rotatable bonds is 3. The summed E-state index contributed by atoms with van der Waals surface area (Å²) in [7, 11) is 0. The SMILES string of the molecule is CCc1ccc(-c2ccc(Cl)c(Cl)c2)cc1C1C(=O)C(C)(C)OC(C)(C)C1=O. The molecule has 3 nitrogen and oxygen atoms in total. The van der Waals surface area contributed by atoms with E-state index >= 15 is 0 Å². The Balaban J connectivity index is 2.18. The number of carbonyl (C=O) groups is 2. The summed E-state index contributed by atoms with van der Waals surface area (Å²) in [5.74, 6) is -1.27. The van der Waals surface area contributed by atoms with Gasteiger partial charge in [0, 0.05) is 0 Å². The number of ketones is 2. The number of hydrogen-bond donors (Lipinski definition) is 0. The highest BCUT2D eigenvalue weighted by Crippen LogP contribution is 2.41. The molecule has 2 aromatic rings. The second-order valence-electron chi connectivity index (χ2n) is 8.18. The highest BCUT2D eigenvalue weighted by atomic mass is 35.5. The third-order valence-electron chi connectivity index (χ3n) is 5.31. The zero-order valence-corrected chi connectivity index (χ0v) is 18.2. The van der Waals surface area contributed by atoms with Gasteiger partial charge < -0.3 is 4.74 Å². The number of aryl methyl sites for hydroxylation is 1. The van der Waals surface area contributed by atoms with Gasteiger partial charge in [0.1, 0.15) is 17.1 Å². The molecule has 1 aliphatic rings. The fourth-order valence-electron chi connectivity index (χ4n) is 3.88. The quantitative estimate of drug-likeness (QED) is 0.571. The Labute approximate surface area is 176 Å². The van der Waals surface area contributed by atoms with Crippen molar-refractivity contribution in [3.8, 4) is 11.1 Å². The van der Waals surface area contributed by atoms with Gasteiger partial charge in [0.05, 0.1) is 10.0 Å². The van der Waals surface area contributed by atoms with Crippen LogP contribution in [0.1, 0.15) is 51.7 Å². The molecule has 1 saturated heterocycles. The summed E-state index contributed by atoms with van der Waals surface area (Å²) in [4.78, 5) is 26.4. The van der Waals surface area contributed by atoms with Gasteiger partial charge in [0.2, 0.25) is 0 Å². The molecule has 2 aromatic carbocycles. The van der Waals surface area contributed by atoms with Crippen molar-refractivity contribution in [3.63, 3.8) is 0 Å². The number of ether oxygens (including phenoxy) is 1. The molecule has 1 aliphatic heterocycles. The molecule has 0 bridgehead atoms. The van der Waals surface area contributed by atoms with Crippen LogP contribution in [0.4, 0.5) is 0 Å². The maximum atomic E-state index is 13.2. The van der Waals surface area contributed by atoms with Crippen molar-refractivity contribution in [3.05, 3.63) is 57.6 Å². The summed E-state index contributed by atoms with van der Waals surface area (Å²) in [6, 6.07) is 11.3. The van der Waals surface area contributed by atoms with E-state index in [-0.39, 0.29) is 11.6 Å². The Morgan fingerprint density at radius 1 is 0.857 bits per heavy atom. The fourth-order valence-corrected chi connectivity index (χ4v) is 4.17. The molecule has 28 heavy (non-hydrogen) atoms. The standard InChI is InChI=1S/C23H24Cl2O3/c1-6-13-7-8-14(15-9-10-17(24)18(25)12-15)11-16(13)19-20(26)22(2,3)28-23(4,5)21(19)27/h7-12,19H,6H2,1-5H3. The van der Waals surface area contributed by atoms with E-state index in [0.717, 1.165) is 28.7 Å². The molecule has 0 atom stereocenters. The van der Waals surface area contributed by atoms with Crippen LogP contribution in [-0.4, -0.2) is 22.8 Å². The van der Waals surface area contributed by atoms with Crippen LogP contribution in [-0.2, 0) is 20.7 Å². The molecular weight excluding hydrogens is 395 g/mol. The maximum Gasteiger partial charge on any atom is 0.179 e. The van der Waals surface area contributed by atoms with E-state index in [2.05, 4.69) is 0 Å². The molecule has 0 N–H and O–H groups in total. The van der Waals surface area contributed by atoms with Crippen LogP contribution in [0, 0.1) is 0 Å². The summed E-state index contributed by atoms with van der Waals surface area (Å²) in [5, 5.41) is 0.940. The molecule has 1 fully saturated rings. The third-order valence-corrected chi connectivity index (χ3v) is 6.05. The van der Waals surface area contributed by atoms with Gasteiger partial charge in [-0.25, -0.2) is 0 Å². The Kier molecular flexibility index (Phi) is 5.48. The highest BCUT2D eigenvalue weighted by Gasteiger charge is 2.53. The molecule has 0 radical (unpaired) electrons. The Morgan fingerprint density at radius 2 is 1.39 bits per heavy atom. The lowest BCUT2D eigenvalue weighted by molar-refractivity contribution is -0.184. The molecule has 0 saturated carbocycles. The molecule has 148 valence electrons. The van der Waals surface area contributed by atoms with Crippen molar-refractivity contribution in [2.45, 2.75) is 58.2 Å². The van der Waals surface area contributed by atoms with Gasteiger partial charge in [0.25, 0.3) is 0 Å². The second-order valence-corrected chi connectivity index (χ2v) is 8.99. The van der Waals surface area contributed by atoms with E-state index in [1.807, 2.05) is 31.2 Å². The van der Waals surface area contributed by atoms with E-state index < -0.39 is 17.1 Å². The normalized spacial score (nSPS) is 19.1. The van der Waals surface area contributed by atoms with Gasteiger partial charge in [-0.1, -0.05) is 48.3 Å². The largest absolute Gasteiger partial charge is 0.354 e. The highest BCUT2D eigenvalue weighted by molar-refractivity contribution is 6.42. The third kappa shape index (κ3) is 3.63. The molecule has 0 spiro atoms. The van der Waals surface area contributed by atoms with Crippen LogP contribution in [0.25, 0.3) is 11.1 Å². The van der Waals surface area contributed by atoms with Crippen molar-refractivity contribution < 1.29 is 14.3 Å². The van der Waals surface area contributed by atoms with Crippen molar-refractivity contribution >= 4 is 34.8 Å². The number of carbonyl (C=O) groups excluding carboxylic acids is 2. The first-order valence-electron chi connectivity index (χ1n) is 9.35. The van der Waals surface area contributed by atoms with Crippen LogP contribution in [0.5, 0.6) is 0 Å². The summed E-state index contributed by atoms with van der Waals surface area (Å²) < 4.78 is 5.82. The van der Waals surface area contributed by atoms with Crippen molar-refractivity contribution in [1.29, 1.82) is 0 Å². The minimum absolute atomic E-state index is 0.210. The van der Waals surface area contributed by atoms with Crippen LogP contribution in [0.3, 0.4) is 0 Å². The monoisotopic (exact) mass is 418 g/mol. The Morgan fingerprint density at radius 3 is 1.93 bits per heavy atom. The lowest BCUT2D eigenvalue weighted by Gasteiger charge is -2.43. The topological polar surface area (TPSA) is 43.4 Å². The first-order valence-corrected chi connectivity index (χ1v) is 10.1. The van der Waals surface area contributed by atoms with Gasteiger partial charge in [-0.15, -0.1) is 0 Å². The van der Waals surface area contributed by atoms with Crippen LogP contribution in [0.15, 0.2) is 36.4 Å². The van der Waals surface area contributed by atoms with Crippen LogP contribution < -0.4 is 0 Å². The lowest BCUT2D eigenvalue weighted by Crippen LogP contribution is -2.58. The second kappa shape index (κ2) is 7.29. The van der Waals surface area contributed by atoms with Crippen molar-refractivity contribution in [2.75, 3.05) is 0 Å². The van der Waals surface area contributed by atoms with Crippen LogP contribution >= 0.6 is 23.2 Å². The van der Waals surface area contributed by atoms with Crippen molar-refractivity contribution in [2.24, 2.45) is 0 Å². The van der Waals surface area contributed by atoms with Crippen LogP contribution in [0.2, 0.25) is 10.0 Å². The van der Waals surface area contributed by atoms with Crippen molar-refractivity contribution in [1.82, 2.24) is 0 Å². The summed E-state index contributed by atoms with van der Waals surface area (Å²) in [6.07, 6.45) is 0.718. The van der Waals surface area contributed by atoms with E-state index in [1.165, 1.54) is 0 Å². The Bertz CT molecular complexity index is 934. The minimum atomic E-state index is -1.04. The van der Waals surface area contributed by atoms with E-state index in [0.29, 0.717) is 10.0 Å².